The highest BCUT2D eigenvalue weighted by Gasteiger charge is 2.17. The summed E-state index contributed by atoms with van der Waals surface area (Å²) >= 11 is 4.76. The molecule has 94 valence electrons. The Hall–Kier alpha value is -1.88. The molecule has 0 aliphatic rings. The first-order valence-electron chi connectivity index (χ1n) is 5.72. The highest BCUT2D eigenvalue weighted by atomic mass is 32.1. The smallest absolute Gasteiger partial charge is 0.242 e. The van der Waals surface area contributed by atoms with E-state index in [9.17, 15) is 4.79 Å². The normalized spacial score (nSPS) is 12.1. The van der Waals surface area contributed by atoms with Gasteiger partial charge in [0.05, 0.1) is 5.49 Å². The second-order valence-electron chi connectivity index (χ2n) is 4.01. The number of rotatable bonds is 5. The molecule has 1 aromatic heterocycles. The van der Waals surface area contributed by atoms with Gasteiger partial charge in [-0.3, -0.25) is 4.79 Å². The fraction of sp³-hybridized carbons (Fsp3) is 0.231. The zero-order chi connectivity index (χ0) is 13.0. The summed E-state index contributed by atoms with van der Waals surface area (Å²) in [5, 5.41) is 6.67. The molecule has 1 aromatic carbocycles. The van der Waals surface area contributed by atoms with E-state index in [2.05, 4.69) is 15.6 Å². The van der Waals surface area contributed by atoms with Crippen molar-refractivity contribution < 1.29 is 4.79 Å². The van der Waals surface area contributed by atoms with Crippen LogP contribution in [0.2, 0.25) is 0 Å². The number of carbonyl (C=O) groups excluding carboxylic acids is 1. The number of fused-ring (bicyclic) bond motifs is 1. The Balaban J connectivity index is 2.25. The van der Waals surface area contributed by atoms with Gasteiger partial charge in [-0.05, 0) is 11.6 Å². The predicted molar refractivity (Wildman–Crippen MR) is 76.6 cm³/mol. The molecular weight excluding hydrogens is 246 g/mol. The van der Waals surface area contributed by atoms with Crippen LogP contribution in [-0.2, 0) is 11.2 Å². The number of hydrogen-bond donors (Lipinski definition) is 3. The largest absolute Gasteiger partial charge is 0.371 e. The first kappa shape index (κ1) is 12.6. The maximum absolute atomic E-state index is 11.7. The number of para-hydroxylation sites is 1. The Morgan fingerprint density at radius 1 is 1.50 bits per heavy atom. The Kier molecular flexibility index (Phi) is 3.94. The lowest BCUT2D eigenvalue weighted by atomic mass is 10.0. The molecule has 2 aromatic rings. The fourth-order valence-electron chi connectivity index (χ4n) is 2.00. The summed E-state index contributed by atoms with van der Waals surface area (Å²) in [7, 11) is 1.62. The van der Waals surface area contributed by atoms with Crippen molar-refractivity contribution in [3.05, 3.63) is 36.0 Å². The SMILES string of the molecule is CNC(=O)C(Cc1c[nH]c2ccccc12)NC=S. The third kappa shape index (κ3) is 2.51. The maximum Gasteiger partial charge on any atom is 0.242 e. The maximum atomic E-state index is 11.7. The van der Waals surface area contributed by atoms with Crippen molar-refractivity contribution >= 4 is 34.5 Å². The Labute approximate surface area is 111 Å². The molecule has 0 saturated heterocycles. The molecule has 1 unspecified atom stereocenters. The van der Waals surface area contributed by atoms with Crippen LogP contribution in [0.15, 0.2) is 30.5 Å². The molecule has 4 nitrogen and oxygen atoms in total. The van der Waals surface area contributed by atoms with E-state index in [-0.39, 0.29) is 11.9 Å². The van der Waals surface area contributed by atoms with Gasteiger partial charge in [-0.2, -0.15) is 0 Å². The molecule has 2 rings (SSSR count). The third-order valence-electron chi connectivity index (χ3n) is 2.93. The minimum atomic E-state index is -0.341. The second-order valence-corrected chi connectivity index (χ2v) is 4.25. The van der Waals surface area contributed by atoms with E-state index in [1.54, 1.807) is 7.05 Å². The predicted octanol–water partition coefficient (Wildman–Crippen LogP) is 1.37. The van der Waals surface area contributed by atoms with Crippen molar-refractivity contribution in [1.82, 2.24) is 15.6 Å². The van der Waals surface area contributed by atoms with Crippen LogP contribution in [0.3, 0.4) is 0 Å². The lowest BCUT2D eigenvalue weighted by molar-refractivity contribution is -0.122. The quantitative estimate of drug-likeness (QED) is 0.713. The van der Waals surface area contributed by atoms with Crippen LogP contribution >= 0.6 is 12.2 Å². The van der Waals surface area contributed by atoms with E-state index < -0.39 is 0 Å². The van der Waals surface area contributed by atoms with E-state index in [1.165, 1.54) is 5.49 Å². The molecule has 0 aliphatic heterocycles. The summed E-state index contributed by atoms with van der Waals surface area (Å²) in [6.45, 7) is 0. The highest BCUT2D eigenvalue weighted by molar-refractivity contribution is 7.78. The lowest BCUT2D eigenvalue weighted by Gasteiger charge is -2.14. The third-order valence-corrected chi connectivity index (χ3v) is 3.07. The van der Waals surface area contributed by atoms with Crippen LogP contribution in [0.4, 0.5) is 0 Å². The van der Waals surface area contributed by atoms with Crippen LogP contribution in [0, 0.1) is 0 Å². The minimum Gasteiger partial charge on any atom is -0.371 e. The molecule has 1 heterocycles. The number of hydrogen-bond acceptors (Lipinski definition) is 2. The molecular formula is C13H15N3OS. The average molecular weight is 261 g/mol. The summed E-state index contributed by atoms with van der Waals surface area (Å²) in [5.41, 5.74) is 3.56. The molecule has 0 spiro atoms. The first-order valence-corrected chi connectivity index (χ1v) is 6.19. The molecule has 1 atom stereocenters. The molecule has 3 N–H and O–H groups in total. The number of likely N-dealkylation sites (N-methyl/N-ethyl adjacent to an activating group) is 1. The molecule has 0 aliphatic carbocycles. The topological polar surface area (TPSA) is 56.9 Å². The second kappa shape index (κ2) is 5.64. The zero-order valence-corrected chi connectivity index (χ0v) is 10.9. The number of H-pyrrole nitrogens is 1. The summed E-state index contributed by atoms with van der Waals surface area (Å²) in [5.74, 6) is -0.0682. The van der Waals surface area contributed by atoms with E-state index in [1.807, 2.05) is 30.5 Å². The Bertz CT molecular complexity index is 564. The summed E-state index contributed by atoms with van der Waals surface area (Å²) in [6.07, 6.45) is 2.53. The van der Waals surface area contributed by atoms with Gasteiger partial charge in [0.2, 0.25) is 5.91 Å². The van der Waals surface area contributed by atoms with Crippen molar-refractivity contribution in [3.8, 4) is 0 Å². The Morgan fingerprint density at radius 3 is 3.00 bits per heavy atom. The summed E-state index contributed by atoms with van der Waals surface area (Å²) in [4.78, 5) is 14.9. The molecule has 18 heavy (non-hydrogen) atoms. The number of amides is 1. The van der Waals surface area contributed by atoms with Gasteiger partial charge in [0.25, 0.3) is 0 Å². The van der Waals surface area contributed by atoms with Gasteiger partial charge in [-0.1, -0.05) is 30.4 Å². The van der Waals surface area contributed by atoms with Crippen LogP contribution in [0.1, 0.15) is 5.56 Å². The number of carbonyl (C=O) groups is 1. The van der Waals surface area contributed by atoms with Crippen LogP contribution < -0.4 is 10.6 Å². The number of thiocarbonyl (C=S) groups is 1. The number of nitrogens with one attached hydrogen (secondary N) is 3. The molecule has 5 heteroatoms. The standard InChI is InChI=1S/C13H15N3OS/c1-14-13(17)12(16-8-18)6-9-7-15-11-5-3-2-4-10(9)11/h2-5,7-8,12,15H,6H2,1H3,(H,14,17)(H,16,18). The monoisotopic (exact) mass is 261 g/mol. The number of aromatic nitrogens is 1. The molecule has 0 bridgehead atoms. The summed E-state index contributed by atoms with van der Waals surface area (Å²) in [6, 6.07) is 7.68. The van der Waals surface area contributed by atoms with Crippen molar-refractivity contribution in [3.63, 3.8) is 0 Å². The fourth-order valence-corrected chi connectivity index (χ4v) is 2.17. The van der Waals surface area contributed by atoms with Gasteiger partial charge in [0.1, 0.15) is 6.04 Å². The number of aromatic amines is 1. The van der Waals surface area contributed by atoms with Crippen molar-refractivity contribution in [2.45, 2.75) is 12.5 Å². The van der Waals surface area contributed by atoms with Crippen LogP contribution in [-0.4, -0.2) is 29.5 Å². The van der Waals surface area contributed by atoms with Crippen LogP contribution in [0.5, 0.6) is 0 Å². The van der Waals surface area contributed by atoms with Gasteiger partial charge in [-0.15, -0.1) is 0 Å². The Morgan fingerprint density at radius 2 is 2.28 bits per heavy atom. The molecule has 0 fully saturated rings. The minimum absolute atomic E-state index is 0.0682. The highest BCUT2D eigenvalue weighted by Crippen LogP contribution is 2.19. The van der Waals surface area contributed by atoms with Crippen LogP contribution in [0.25, 0.3) is 10.9 Å². The van der Waals surface area contributed by atoms with Crippen molar-refractivity contribution in [2.24, 2.45) is 0 Å². The van der Waals surface area contributed by atoms with E-state index in [0.29, 0.717) is 6.42 Å². The zero-order valence-electron chi connectivity index (χ0n) is 10.1. The molecule has 1 amide bonds. The van der Waals surface area contributed by atoms with Crippen molar-refractivity contribution in [1.29, 1.82) is 0 Å². The van der Waals surface area contributed by atoms with Gasteiger partial charge in [0, 0.05) is 30.6 Å². The van der Waals surface area contributed by atoms with E-state index in [0.717, 1.165) is 16.5 Å². The van der Waals surface area contributed by atoms with Gasteiger partial charge in [-0.25, -0.2) is 0 Å². The number of benzene rings is 1. The van der Waals surface area contributed by atoms with Crippen molar-refractivity contribution in [2.75, 3.05) is 7.05 Å². The van der Waals surface area contributed by atoms with Gasteiger partial charge in [0.15, 0.2) is 0 Å². The van der Waals surface area contributed by atoms with E-state index in [4.69, 9.17) is 12.2 Å². The lowest BCUT2D eigenvalue weighted by Crippen LogP contribution is -2.43. The van der Waals surface area contributed by atoms with E-state index >= 15 is 0 Å². The first-order chi connectivity index (χ1) is 8.76. The average Bonchev–Trinajstić information content (AvgIpc) is 2.81. The molecule has 0 saturated carbocycles. The summed E-state index contributed by atoms with van der Waals surface area (Å²) < 4.78 is 0. The van der Waals surface area contributed by atoms with Gasteiger partial charge < -0.3 is 15.6 Å². The molecule has 0 radical (unpaired) electrons. The van der Waals surface area contributed by atoms with Gasteiger partial charge >= 0.3 is 0 Å².